The van der Waals surface area contributed by atoms with E-state index in [2.05, 4.69) is 13.5 Å². The molecule has 0 saturated carbocycles. The first-order valence-corrected chi connectivity index (χ1v) is 9.55. The minimum atomic E-state index is -0.281. The molecule has 0 fully saturated rings. The van der Waals surface area contributed by atoms with Crippen LogP contribution in [0, 0.1) is 0 Å². The molecule has 0 saturated heterocycles. The Hall–Kier alpha value is -2.03. The molecule has 0 aliphatic carbocycles. The molecule has 0 radical (unpaired) electrons. The van der Waals surface area contributed by atoms with Crippen molar-refractivity contribution >= 4 is 10.8 Å². The van der Waals surface area contributed by atoms with Gasteiger partial charge in [-0.1, -0.05) is 70.6 Å². The standard InChI is InChI=1S/C22H30O3/c1-3-5-6-7-8-9-10-11-12-20-16-18-13-14-19(24-15-4-2)17-21(18)22(23)25-20/h4,13-14,16-17H,2-3,5-12,15H2,1H3. The number of aryl methyl sites for hydroxylation is 1. The Labute approximate surface area is 150 Å². The van der Waals surface area contributed by atoms with Gasteiger partial charge in [-0.25, -0.2) is 4.79 Å². The molecule has 2 aromatic rings. The molecule has 1 aromatic carbocycles. The molecular formula is C22H30O3. The number of rotatable bonds is 12. The number of benzene rings is 1. The van der Waals surface area contributed by atoms with Crippen LogP contribution in [0.3, 0.4) is 0 Å². The van der Waals surface area contributed by atoms with Gasteiger partial charge < -0.3 is 9.15 Å². The number of unbranched alkanes of at least 4 members (excludes halogenated alkanes) is 7. The van der Waals surface area contributed by atoms with Gasteiger partial charge >= 0.3 is 5.63 Å². The van der Waals surface area contributed by atoms with E-state index < -0.39 is 0 Å². The van der Waals surface area contributed by atoms with Crippen LogP contribution < -0.4 is 10.4 Å². The molecule has 136 valence electrons. The van der Waals surface area contributed by atoms with E-state index in [-0.39, 0.29) is 5.63 Å². The smallest absolute Gasteiger partial charge is 0.343 e. The highest BCUT2D eigenvalue weighted by molar-refractivity contribution is 5.82. The van der Waals surface area contributed by atoms with Gasteiger partial charge in [0, 0.05) is 6.42 Å². The molecule has 25 heavy (non-hydrogen) atoms. The number of hydrogen-bond donors (Lipinski definition) is 0. The van der Waals surface area contributed by atoms with Crippen LogP contribution in [0.5, 0.6) is 5.75 Å². The average Bonchev–Trinajstić information content (AvgIpc) is 2.62. The third-order valence-corrected chi connectivity index (χ3v) is 4.43. The highest BCUT2D eigenvalue weighted by atomic mass is 16.5. The summed E-state index contributed by atoms with van der Waals surface area (Å²) >= 11 is 0. The van der Waals surface area contributed by atoms with Crippen molar-refractivity contribution in [3.05, 3.63) is 53.1 Å². The third kappa shape index (κ3) is 6.41. The summed E-state index contributed by atoms with van der Waals surface area (Å²) in [5.41, 5.74) is -0.281. The summed E-state index contributed by atoms with van der Waals surface area (Å²) < 4.78 is 11.0. The Morgan fingerprint density at radius 2 is 1.76 bits per heavy atom. The van der Waals surface area contributed by atoms with Crippen LogP contribution in [0.25, 0.3) is 10.8 Å². The second-order valence-electron chi connectivity index (χ2n) is 6.57. The van der Waals surface area contributed by atoms with Gasteiger partial charge in [0.15, 0.2) is 0 Å². The zero-order valence-electron chi connectivity index (χ0n) is 15.4. The van der Waals surface area contributed by atoms with Gasteiger partial charge in [-0.15, -0.1) is 0 Å². The molecule has 0 N–H and O–H groups in total. The van der Waals surface area contributed by atoms with Crippen LogP contribution in [0.1, 0.15) is 64.1 Å². The first kappa shape index (κ1) is 19.3. The molecule has 0 aliphatic rings. The van der Waals surface area contributed by atoms with E-state index >= 15 is 0 Å². The fourth-order valence-corrected chi connectivity index (χ4v) is 3.02. The largest absolute Gasteiger partial charge is 0.490 e. The lowest BCUT2D eigenvalue weighted by atomic mass is 10.1. The van der Waals surface area contributed by atoms with E-state index in [4.69, 9.17) is 9.15 Å². The molecular weight excluding hydrogens is 312 g/mol. The molecule has 3 heteroatoms. The van der Waals surface area contributed by atoms with Crippen molar-refractivity contribution < 1.29 is 9.15 Å². The van der Waals surface area contributed by atoms with E-state index in [9.17, 15) is 4.79 Å². The van der Waals surface area contributed by atoms with Crippen LogP contribution in [0.2, 0.25) is 0 Å². The summed E-state index contributed by atoms with van der Waals surface area (Å²) in [7, 11) is 0. The average molecular weight is 342 g/mol. The lowest BCUT2D eigenvalue weighted by Gasteiger charge is -2.06. The SMILES string of the molecule is C=CCOc1ccc2cc(CCCCCCCCCC)oc(=O)c2c1. The molecule has 0 amide bonds. The van der Waals surface area contributed by atoms with E-state index in [0.29, 0.717) is 17.7 Å². The lowest BCUT2D eigenvalue weighted by Crippen LogP contribution is -2.03. The Morgan fingerprint density at radius 3 is 2.48 bits per heavy atom. The van der Waals surface area contributed by atoms with Crippen molar-refractivity contribution in [2.45, 2.75) is 64.7 Å². The zero-order chi connectivity index (χ0) is 17.9. The van der Waals surface area contributed by atoms with Crippen LogP contribution >= 0.6 is 0 Å². The van der Waals surface area contributed by atoms with E-state index in [1.807, 2.05) is 18.2 Å². The predicted molar refractivity (Wildman–Crippen MR) is 104 cm³/mol. The number of ether oxygens (including phenoxy) is 1. The van der Waals surface area contributed by atoms with Crippen LogP contribution in [-0.4, -0.2) is 6.61 Å². The van der Waals surface area contributed by atoms with Crippen molar-refractivity contribution in [3.8, 4) is 5.75 Å². The summed E-state index contributed by atoms with van der Waals surface area (Å²) in [4.78, 5) is 12.2. The molecule has 0 aliphatic heterocycles. The first-order chi connectivity index (χ1) is 12.2. The van der Waals surface area contributed by atoms with Gasteiger partial charge in [0.25, 0.3) is 0 Å². The fraction of sp³-hybridized carbons (Fsp3) is 0.500. The second kappa shape index (κ2) is 10.8. The minimum absolute atomic E-state index is 0.281. The molecule has 0 atom stereocenters. The van der Waals surface area contributed by atoms with Crippen LogP contribution in [0.15, 0.2) is 46.1 Å². The maximum Gasteiger partial charge on any atom is 0.343 e. The van der Waals surface area contributed by atoms with Gasteiger partial charge in [0.05, 0.1) is 5.39 Å². The van der Waals surface area contributed by atoms with Crippen LogP contribution in [-0.2, 0) is 6.42 Å². The van der Waals surface area contributed by atoms with Gasteiger partial charge in [0.1, 0.15) is 18.1 Å². The molecule has 0 bridgehead atoms. The minimum Gasteiger partial charge on any atom is -0.490 e. The summed E-state index contributed by atoms with van der Waals surface area (Å²) in [5.74, 6) is 1.44. The highest BCUT2D eigenvalue weighted by Gasteiger charge is 2.06. The molecule has 3 nitrogen and oxygen atoms in total. The Bertz CT molecular complexity index is 715. The topological polar surface area (TPSA) is 39.4 Å². The van der Waals surface area contributed by atoms with Gasteiger partial charge in [-0.05, 0) is 30.0 Å². The molecule has 1 heterocycles. The maximum absolute atomic E-state index is 12.2. The summed E-state index contributed by atoms with van der Waals surface area (Å²) in [6, 6.07) is 7.52. The van der Waals surface area contributed by atoms with E-state index in [1.165, 1.54) is 44.9 Å². The number of hydrogen-bond acceptors (Lipinski definition) is 3. The quantitative estimate of drug-likeness (QED) is 0.348. The van der Waals surface area contributed by atoms with Crippen molar-refractivity contribution in [1.29, 1.82) is 0 Å². The van der Waals surface area contributed by atoms with Crippen LogP contribution in [0.4, 0.5) is 0 Å². The van der Waals surface area contributed by atoms with Gasteiger partial charge in [-0.2, -0.15) is 0 Å². The highest BCUT2D eigenvalue weighted by Crippen LogP contribution is 2.20. The Balaban J connectivity index is 1.86. The van der Waals surface area contributed by atoms with Crippen molar-refractivity contribution in [3.63, 3.8) is 0 Å². The molecule has 1 aromatic heterocycles. The summed E-state index contributed by atoms with van der Waals surface area (Å²) in [5, 5.41) is 1.48. The maximum atomic E-state index is 12.2. The normalized spacial score (nSPS) is 10.9. The van der Waals surface area contributed by atoms with Crippen molar-refractivity contribution in [2.75, 3.05) is 6.61 Å². The van der Waals surface area contributed by atoms with Gasteiger partial charge in [-0.3, -0.25) is 0 Å². The Morgan fingerprint density at radius 1 is 1.04 bits per heavy atom. The Kier molecular flexibility index (Phi) is 8.30. The van der Waals surface area contributed by atoms with Crippen molar-refractivity contribution in [2.24, 2.45) is 0 Å². The molecule has 0 spiro atoms. The van der Waals surface area contributed by atoms with Crippen molar-refractivity contribution in [1.82, 2.24) is 0 Å². The van der Waals surface area contributed by atoms with Gasteiger partial charge in [0.2, 0.25) is 0 Å². The van der Waals surface area contributed by atoms with E-state index in [0.717, 1.165) is 24.0 Å². The molecule has 2 rings (SSSR count). The zero-order valence-corrected chi connectivity index (χ0v) is 15.4. The monoisotopic (exact) mass is 342 g/mol. The molecule has 0 unspecified atom stereocenters. The van der Waals surface area contributed by atoms with E-state index in [1.54, 1.807) is 12.1 Å². The summed E-state index contributed by atoms with van der Waals surface area (Å²) in [6.45, 7) is 6.29. The predicted octanol–water partition coefficient (Wildman–Crippen LogP) is 6.04. The summed E-state index contributed by atoms with van der Waals surface area (Å²) in [6.07, 6.45) is 12.7. The third-order valence-electron chi connectivity index (χ3n) is 4.43. The number of fused-ring (bicyclic) bond motifs is 1. The lowest BCUT2D eigenvalue weighted by molar-refractivity contribution is 0.363. The fourth-order valence-electron chi connectivity index (χ4n) is 3.02. The second-order valence-corrected chi connectivity index (χ2v) is 6.57. The first-order valence-electron chi connectivity index (χ1n) is 9.55.